The van der Waals surface area contributed by atoms with Crippen LogP contribution in [0.3, 0.4) is 0 Å². The SMILES string of the molecule is CCOC(=O)[C@@H]1CN(C(=O)c2ccc(C)cc2)[C@H]2c3ccccc3O[C@@H]12. The van der Waals surface area contributed by atoms with Crippen molar-refractivity contribution in [2.45, 2.75) is 26.0 Å². The van der Waals surface area contributed by atoms with E-state index < -0.39 is 12.0 Å². The van der Waals surface area contributed by atoms with E-state index in [2.05, 4.69) is 0 Å². The average Bonchev–Trinajstić information content (AvgIpc) is 3.19. The van der Waals surface area contributed by atoms with Crippen LogP contribution in [0.5, 0.6) is 5.75 Å². The Bertz CT molecular complexity index is 845. The molecule has 0 radical (unpaired) electrons. The summed E-state index contributed by atoms with van der Waals surface area (Å²) in [7, 11) is 0. The monoisotopic (exact) mass is 351 g/mol. The Morgan fingerprint density at radius 1 is 1.15 bits per heavy atom. The molecule has 0 unspecified atom stereocenters. The quantitative estimate of drug-likeness (QED) is 0.797. The maximum atomic E-state index is 13.2. The minimum absolute atomic E-state index is 0.0906. The van der Waals surface area contributed by atoms with E-state index in [1.807, 2.05) is 55.5 Å². The molecule has 4 rings (SSSR count). The van der Waals surface area contributed by atoms with E-state index in [9.17, 15) is 9.59 Å². The highest BCUT2D eigenvalue weighted by molar-refractivity contribution is 5.95. The largest absolute Gasteiger partial charge is 0.487 e. The fraction of sp³-hybridized carbons (Fsp3) is 0.333. The first-order chi connectivity index (χ1) is 12.6. The molecule has 3 atom stereocenters. The number of carbonyl (C=O) groups is 2. The minimum atomic E-state index is -0.484. The molecule has 2 heterocycles. The van der Waals surface area contributed by atoms with Crippen molar-refractivity contribution in [1.82, 2.24) is 4.90 Å². The van der Waals surface area contributed by atoms with Crippen LogP contribution in [0.1, 0.15) is 34.5 Å². The number of aryl methyl sites for hydroxylation is 1. The van der Waals surface area contributed by atoms with E-state index in [1.54, 1.807) is 11.8 Å². The second-order valence-electron chi connectivity index (χ2n) is 6.75. The first-order valence-corrected chi connectivity index (χ1v) is 8.90. The smallest absolute Gasteiger partial charge is 0.314 e. The summed E-state index contributed by atoms with van der Waals surface area (Å²) < 4.78 is 11.3. The summed E-state index contributed by atoms with van der Waals surface area (Å²) in [6.45, 7) is 4.38. The third-order valence-electron chi connectivity index (χ3n) is 5.09. The van der Waals surface area contributed by atoms with Gasteiger partial charge in [-0.2, -0.15) is 0 Å². The van der Waals surface area contributed by atoms with Gasteiger partial charge >= 0.3 is 5.97 Å². The number of carbonyl (C=O) groups excluding carboxylic acids is 2. The molecule has 0 aromatic heterocycles. The number of fused-ring (bicyclic) bond motifs is 3. The maximum Gasteiger partial charge on any atom is 0.314 e. The predicted octanol–water partition coefficient (Wildman–Crippen LogP) is 3.13. The summed E-state index contributed by atoms with van der Waals surface area (Å²) in [4.78, 5) is 27.4. The van der Waals surface area contributed by atoms with Gasteiger partial charge in [0.05, 0.1) is 12.6 Å². The number of ether oxygens (including phenoxy) is 2. The third-order valence-corrected chi connectivity index (χ3v) is 5.09. The molecule has 2 aromatic carbocycles. The van der Waals surface area contributed by atoms with Crippen LogP contribution in [0.25, 0.3) is 0 Å². The van der Waals surface area contributed by atoms with Gasteiger partial charge in [-0.05, 0) is 32.0 Å². The van der Waals surface area contributed by atoms with Gasteiger partial charge in [0.2, 0.25) is 0 Å². The molecule has 5 nitrogen and oxygen atoms in total. The number of rotatable bonds is 3. The molecule has 0 bridgehead atoms. The summed E-state index contributed by atoms with van der Waals surface area (Å²) >= 11 is 0. The molecule has 134 valence electrons. The molecule has 2 aromatic rings. The third kappa shape index (κ3) is 2.64. The van der Waals surface area contributed by atoms with Crippen LogP contribution in [0.4, 0.5) is 0 Å². The summed E-state index contributed by atoms with van der Waals surface area (Å²) in [5.41, 5.74) is 2.66. The first kappa shape index (κ1) is 16.6. The summed E-state index contributed by atoms with van der Waals surface area (Å²) in [6, 6.07) is 14.9. The van der Waals surface area contributed by atoms with Crippen LogP contribution in [-0.2, 0) is 9.53 Å². The second kappa shape index (κ2) is 6.48. The van der Waals surface area contributed by atoms with Crippen LogP contribution in [-0.4, -0.2) is 36.0 Å². The lowest BCUT2D eigenvalue weighted by molar-refractivity contribution is -0.149. The standard InChI is InChI=1S/C21H21NO4/c1-3-25-21(24)16-12-22(20(23)14-10-8-13(2)9-11-14)18-15-6-4-5-7-17(15)26-19(16)18/h4-11,16,18-19H,3,12H2,1-2H3/t16-,18+,19+/m1/s1. The van der Waals surface area contributed by atoms with Crippen LogP contribution in [0, 0.1) is 12.8 Å². The lowest BCUT2D eigenvalue weighted by atomic mass is 9.98. The Labute approximate surface area is 152 Å². The molecule has 1 amide bonds. The summed E-state index contributed by atoms with van der Waals surface area (Å²) in [5.74, 6) is -0.151. The van der Waals surface area contributed by atoms with Gasteiger partial charge in [-0.1, -0.05) is 35.9 Å². The first-order valence-electron chi connectivity index (χ1n) is 8.90. The summed E-state index contributed by atoms with van der Waals surface area (Å²) in [6.07, 6.45) is -0.402. The normalized spacial score (nSPS) is 23.2. The van der Waals surface area contributed by atoms with Crippen molar-refractivity contribution >= 4 is 11.9 Å². The minimum Gasteiger partial charge on any atom is -0.487 e. The van der Waals surface area contributed by atoms with Crippen LogP contribution in [0.2, 0.25) is 0 Å². The molecule has 2 aliphatic heterocycles. The van der Waals surface area contributed by atoms with Crippen LogP contribution in [0.15, 0.2) is 48.5 Å². The predicted molar refractivity (Wildman–Crippen MR) is 95.9 cm³/mol. The topological polar surface area (TPSA) is 55.8 Å². The lowest BCUT2D eigenvalue weighted by Gasteiger charge is -2.23. The van der Waals surface area contributed by atoms with Gasteiger partial charge in [0, 0.05) is 17.7 Å². The van der Waals surface area contributed by atoms with Gasteiger partial charge < -0.3 is 14.4 Å². The number of esters is 1. The van der Waals surface area contributed by atoms with E-state index in [4.69, 9.17) is 9.47 Å². The van der Waals surface area contributed by atoms with Crippen molar-refractivity contribution in [2.24, 2.45) is 5.92 Å². The van der Waals surface area contributed by atoms with Gasteiger partial charge in [-0.15, -0.1) is 0 Å². The zero-order valence-corrected chi connectivity index (χ0v) is 14.8. The average molecular weight is 351 g/mol. The van der Waals surface area contributed by atoms with Crippen molar-refractivity contribution in [3.8, 4) is 5.75 Å². The molecule has 1 fully saturated rings. The number of hydrogen-bond donors (Lipinski definition) is 0. The molecule has 0 saturated carbocycles. The van der Waals surface area contributed by atoms with E-state index in [-0.39, 0.29) is 17.9 Å². The fourth-order valence-corrected chi connectivity index (χ4v) is 3.83. The van der Waals surface area contributed by atoms with Crippen molar-refractivity contribution < 1.29 is 19.1 Å². The zero-order valence-electron chi connectivity index (χ0n) is 14.8. The number of para-hydroxylation sites is 1. The van der Waals surface area contributed by atoms with Gasteiger partial charge in [0.15, 0.2) is 0 Å². The van der Waals surface area contributed by atoms with Gasteiger partial charge in [-0.3, -0.25) is 9.59 Å². The number of amides is 1. The second-order valence-corrected chi connectivity index (χ2v) is 6.75. The molecule has 5 heteroatoms. The zero-order chi connectivity index (χ0) is 18.3. The van der Waals surface area contributed by atoms with Crippen LogP contribution < -0.4 is 4.74 Å². The van der Waals surface area contributed by atoms with Gasteiger partial charge in [0.25, 0.3) is 5.91 Å². The molecule has 2 aliphatic rings. The Balaban J connectivity index is 1.70. The Morgan fingerprint density at radius 2 is 1.88 bits per heavy atom. The number of benzene rings is 2. The Hall–Kier alpha value is -2.82. The van der Waals surface area contributed by atoms with Gasteiger partial charge in [-0.25, -0.2) is 0 Å². The maximum absolute atomic E-state index is 13.2. The highest BCUT2D eigenvalue weighted by Gasteiger charge is 2.54. The molecule has 1 saturated heterocycles. The molecule has 26 heavy (non-hydrogen) atoms. The van der Waals surface area contributed by atoms with E-state index in [0.29, 0.717) is 18.7 Å². The molecule has 0 spiro atoms. The molecule has 0 N–H and O–H groups in total. The van der Waals surface area contributed by atoms with E-state index >= 15 is 0 Å². The number of nitrogens with zero attached hydrogens (tertiary/aromatic N) is 1. The molecule has 0 aliphatic carbocycles. The Kier molecular flexibility index (Phi) is 4.15. The Morgan fingerprint density at radius 3 is 2.62 bits per heavy atom. The number of likely N-dealkylation sites (tertiary alicyclic amines) is 1. The fourth-order valence-electron chi connectivity index (χ4n) is 3.83. The highest BCUT2D eigenvalue weighted by Crippen LogP contribution is 2.48. The van der Waals surface area contributed by atoms with Gasteiger partial charge in [0.1, 0.15) is 17.8 Å². The molecular weight excluding hydrogens is 330 g/mol. The summed E-state index contributed by atoms with van der Waals surface area (Å²) in [5, 5.41) is 0. The van der Waals surface area contributed by atoms with Crippen molar-refractivity contribution in [2.75, 3.05) is 13.2 Å². The van der Waals surface area contributed by atoms with E-state index in [0.717, 1.165) is 16.9 Å². The van der Waals surface area contributed by atoms with Crippen molar-refractivity contribution in [3.05, 3.63) is 65.2 Å². The van der Waals surface area contributed by atoms with Crippen LogP contribution >= 0.6 is 0 Å². The number of hydrogen-bond acceptors (Lipinski definition) is 4. The van der Waals surface area contributed by atoms with Crippen molar-refractivity contribution in [3.63, 3.8) is 0 Å². The highest BCUT2D eigenvalue weighted by atomic mass is 16.5. The van der Waals surface area contributed by atoms with E-state index in [1.165, 1.54) is 0 Å². The lowest BCUT2D eigenvalue weighted by Crippen LogP contribution is -2.32. The molecular formula is C21H21NO4. The van der Waals surface area contributed by atoms with Crippen molar-refractivity contribution in [1.29, 1.82) is 0 Å².